The maximum Gasteiger partial charge on any atom is 0.416 e. The molecule has 2 aromatic heterocycles. The fraction of sp³-hybridized carbons (Fsp3) is 0.487. The van der Waals surface area contributed by atoms with Gasteiger partial charge in [0.15, 0.2) is 5.96 Å². The van der Waals surface area contributed by atoms with Crippen LogP contribution in [-0.2, 0) is 33.0 Å². The minimum absolute atomic E-state index is 0.0345. The zero-order valence-corrected chi connectivity index (χ0v) is 32.0. The number of aromatic nitrogens is 3. The van der Waals surface area contributed by atoms with E-state index in [2.05, 4.69) is 41.0 Å². The van der Waals surface area contributed by atoms with E-state index in [-0.39, 0.29) is 28.5 Å². The van der Waals surface area contributed by atoms with Crippen LogP contribution in [0.5, 0.6) is 0 Å². The number of ether oxygens (including phenoxy) is 1. The molecule has 2 aromatic carbocycles. The summed E-state index contributed by atoms with van der Waals surface area (Å²) in [6, 6.07) is 13.0. The molecule has 0 aliphatic heterocycles. The molecule has 4 aromatic rings. The Labute approximate surface area is 309 Å². The van der Waals surface area contributed by atoms with E-state index >= 15 is 0 Å². The van der Waals surface area contributed by atoms with Crippen molar-refractivity contribution in [3.63, 3.8) is 0 Å². The SMILES string of the molecule is COC(=O)[C@H](NCCCN=C(N)N)c1ccc(-n2cc3cc(C(C)(C)C)[nH]c3nc2=O)cc1.C[C@H](N)CCCc1cc(C(C)(C)C)cc(C(F)(F)F)c1. The molecule has 8 N–H and O–H groups in total. The van der Waals surface area contributed by atoms with E-state index in [0.29, 0.717) is 42.8 Å². The molecule has 0 bridgehead atoms. The second-order valence-corrected chi connectivity index (χ2v) is 15.3. The quantitative estimate of drug-likeness (QED) is 0.0497. The summed E-state index contributed by atoms with van der Waals surface area (Å²) < 4.78 is 45.3. The molecule has 2 heterocycles. The standard InChI is InChI=1S/C23H31N7O3.C16H24F3N/c1-23(2,3)17-12-15-13-30(22(32)29-19(15)28-17)16-8-6-14(7-9-16)18(20(31)33-4)26-10-5-11-27-21(24)25;1-11(20)6-5-7-12-8-13(15(2,3)4)10-14(9-12)16(17,18)19/h6-9,12-13,18,26H,5,10-11H2,1-4H3,(H4,24,25,27)(H,28,29,32);8-11H,5-7,20H2,1-4H3/t18-;11-/m10/s1. The van der Waals surface area contributed by atoms with Gasteiger partial charge in [-0.15, -0.1) is 0 Å². The topological polar surface area (TPSA) is 179 Å². The minimum atomic E-state index is -4.29. The predicted octanol–water partition coefficient (Wildman–Crippen LogP) is 6.15. The normalized spacial score (nSPS) is 13.2. The van der Waals surface area contributed by atoms with Crippen molar-refractivity contribution in [3.05, 3.63) is 93.2 Å². The highest BCUT2D eigenvalue weighted by Crippen LogP contribution is 2.34. The van der Waals surface area contributed by atoms with Gasteiger partial charge in [0.1, 0.15) is 11.7 Å². The highest BCUT2D eigenvalue weighted by Gasteiger charge is 2.32. The molecule has 290 valence electrons. The number of aryl methyl sites for hydroxylation is 1. The number of carbonyl (C=O) groups is 1. The number of rotatable bonds is 12. The van der Waals surface area contributed by atoms with Gasteiger partial charge in [-0.25, -0.2) is 9.59 Å². The van der Waals surface area contributed by atoms with Crippen LogP contribution in [0, 0.1) is 0 Å². The number of carbonyl (C=O) groups excluding carboxylic acids is 1. The summed E-state index contributed by atoms with van der Waals surface area (Å²) in [5.41, 5.74) is 19.4. The maximum atomic E-state index is 13.0. The van der Waals surface area contributed by atoms with Crippen LogP contribution in [0.4, 0.5) is 13.2 Å². The average Bonchev–Trinajstić information content (AvgIpc) is 3.49. The van der Waals surface area contributed by atoms with Crippen molar-refractivity contribution in [3.8, 4) is 5.69 Å². The van der Waals surface area contributed by atoms with E-state index in [1.165, 1.54) is 23.8 Å². The number of halogens is 3. The third-order valence-corrected chi connectivity index (χ3v) is 8.55. The number of hydrogen-bond donors (Lipinski definition) is 5. The largest absolute Gasteiger partial charge is 0.468 e. The Bertz CT molecular complexity index is 1860. The Morgan fingerprint density at radius 1 is 0.981 bits per heavy atom. The summed E-state index contributed by atoms with van der Waals surface area (Å²) in [7, 11) is 1.34. The van der Waals surface area contributed by atoms with Crippen LogP contribution in [0.25, 0.3) is 16.7 Å². The number of aromatic amines is 1. The van der Waals surface area contributed by atoms with Crippen LogP contribution in [0.1, 0.15) is 102 Å². The number of nitrogens with two attached hydrogens (primary N) is 3. The predicted molar refractivity (Wildman–Crippen MR) is 205 cm³/mol. The number of fused-ring (bicyclic) bond motifs is 1. The molecule has 0 spiro atoms. The molecule has 2 atom stereocenters. The van der Waals surface area contributed by atoms with Crippen molar-refractivity contribution in [2.45, 2.75) is 103 Å². The lowest BCUT2D eigenvalue weighted by atomic mass is 9.84. The van der Waals surface area contributed by atoms with Crippen LogP contribution >= 0.6 is 0 Å². The van der Waals surface area contributed by atoms with Gasteiger partial charge in [-0.1, -0.05) is 59.7 Å². The third kappa shape index (κ3) is 12.7. The van der Waals surface area contributed by atoms with E-state index in [0.717, 1.165) is 35.0 Å². The summed E-state index contributed by atoms with van der Waals surface area (Å²) in [6.07, 6.45) is 0.387. The lowest BCUT2D eigenvalue weighted by molar-refractivity contribution is -0.143. The summed E-state index contributed by atoms with van der Waals surface area (Å²) in [6.45, 7) is 14.9. The Kier molecular flexibility index (Phi) is 14.4. The molecule has 11 nitrogen and oxygen atoms in total. The Balaban J connectivity index is 0.000000324. The first-order chi connectivity index (χ1) is 24.6. The van der Waals surface area contributed by atoms with Crippen LogP contribution in [-0.4, -0.2) is 52.7 Å². The number of H-pyrrole nitrogens is 1. The number of esters is 1. The number of aliphatic imine (C=N–C) groups is 1. The van der Waals surface area contributed by atoms with Gasteiger partial charge in [0.25, 0.3) is 0 Å². The molecule has 0 saturated heterocycles. The Morgan fingerprint density at radius 3 is 2.17 bits per heavy atom. The van der Waals surface area contributed by atoms with Gasteiger partial charge in [0.2, 0.25) is 0 Å². The number of hydrogen-bond acceptors (Lipinski definition) is 7. The molecule has 0 saturated carbocycles. The van der Waals surface area contributed by atoms with E-state index in [1.807, 2.05) is 39.8 Å². The number of methoxy groups -OCH3 is 1. The summed E-state index contributed by atoms with van der Waals surface area (Å²) in [5, 5.41) is 4.01. The smallest absolute Gasteiger partial charge is 0.416 e. The molecular formula is C39H55F3N8O3. The number of benzene rings is 2. The zero-order chi connectivity index (χ0) is 39.7. The first-order valence-electron chi connectivity index (χ1n) is 17.7. The average molecular weight is 741 g/mol. The van der Waals surface area contributed by atoms with Crippen molar-refractivity contribution < 1.29 is 22.7 Å². The summed E-state index contributed by atoms with van der Waals surface area (Å²) in [5.74, 6) is -0.376. The maximum absolute atomic E-state index is 13.0. The first-order valence-corrected chi connectivity index (χ1v) is 17.7. The Hall–Kier alpha value is -4.69. The van der Waals surface area contributed by atoms with E-state index in [4.69, 9.17) is 21.9 Å². The van der Waals surface area contributed by atoms with Gasteiger partial charge in [-0.05, 0) is 91.6 Å². The molecule has 0 aliphatic carbocycles. The molecule has 0 fully saturated rings. The van der Waals surface area contributed by atoms with Gasteiger partial charge in [-0.3, -0.25) is 9.56 Å². The van der Waals surface area contributed by atoms with Gasteiger partial charge >= 0.3 is 17.8 Å². The second-order valence-electron chi connectivity index (χ2n) is 15.3. The number of nitrogens with one attached hydrogen (secondary N) is 2. The van der Waals surface area contributed by atoms with Gasteiger partial charge < -0.3 is 32.2 Å². The van der Waals surface area contributed by atoms with Gasteiger partial charge in [-0.2, -0.15) is 18.2 Å². The Morgan fingerprint density at radius 2 is 1.62 bits per heavy atom. The molecular weight excluding hydrogens is 685 g/mol. The second kappa shape index (κ2) is 17.9. The summed E-state index contributed by atoms with van der Waals surface area (Å²) in [4.78, 5) is 36.3. The van der Waals surface area contributed by atoms with Gasteiger partial charge in [0.05, 0.1) is 18.4 Å². The molecule has 0 aliphatic rings. The van der Waals surface area contributed by atoms with E-state index in [1.54, 1.807) is 30.5 Å². The molecule has 0 amide bonds. The number of alkyl halides is 3. The van der Waals surface area contributed by atoms with E-state index in [9.17, 15) is 22.8 Å². The minimum Gasteiger partial charge on any atom is -0.468 e. The lowest BCUT2D eigenvalue weighted by Gasteiger charge is -2.22. The van der Waals surface area contributed by atoms with Crippen molar-refractivity contribution in [1.82, 2.24) is 19.9 Å². The van der Waals surface area contributed by atoms with Crippen molar-refractivity contribution >= 4 is 23.0 Å². The molecule has 4 rings (SSSR count). The van der Waals surface area contributed by atoms with Crippen LogP contribution in [0.15, 0.2) is 64.5 Å². The van der Waals surface area contributed by atoms with Crippen LogP contribution in [0.3, 0.4) is 0 Å². The van der Waals surface area contributed by atoms with Gasteiger partial charge in [0, 0.05) is 35.3 Å². The monoisotopic (exact) mass is 740 g/mol. The van der Waals surface area contributed by atoms with Crippen molar-refractivity contribution in [2.24, 2.45) is 22.2 Å². The highest BCUT2D eigenvalue weighted by molar-refractivity contribution is 5.78. The van der Waals surface area contributed by atoms with E-state index < -0.39 is 23.8 Å². The molecule has 0 unspecified atom stereocenters. The van der Waals surface area contributed by atoms with Crippen molar-refractivity contribution in [1.29, 1.82) is 0 Å². The first kappa shape index (κ1) is 42.7. The van der Waals surface area contributed by atoms with Crippen molar-refractivity contribution in [2.75, 3.05) is 20.2 Å². The van der Waals surface area contributed by atoms with Crippen LogP contribution in [0.2, 0.25) is 0 Å². The molecule has 14 heteroatoms. The fourth-order valence-electron chi connectivity index (χ4n) is 5.46. The summed E-state index contributed by atoms with van der Waals surface area (Å²) >= 11 is 0. The fourth-order valence-corrected chi connectivity index (χ4v) is 5.46. The third-order valence-electron chi connectivity index (χ3n) is 8.55. The number of guanidine groups is 1. The molecule has 53 heavy (non-hydrogen) atoms. The molecule has 0 radical (unpaired) electrons. The lowest BCUT2D eigenvalue weighted by Crippen LogP contribution is -2.31. The van der Waals surface area contributed by atoms with Crippen LogP contribution < -0.4 is 28.2 Å². The zero-order valence-electron chi connectivity index (χ0n) is 32.0. The number of nitrogens with zero attached hydrogens (tertiary/aromatic N) is 3. The highest BCUT2D eigenvalue weighted by atomic mass is 19.4.